The maximum Gasteiger partial charge on any atom is 0.324 e. The van der Waals surface area contributed by atoms with Crippen LogP contribution in [-0.2, 0) is 6.42 Å². The van der Waals surface area contributed by atoms with Crippen molar-refractivity contribution in [2.75, 3.05) is 17.7 Å². The normalized spacial score (nSPS) is 10.7. The molecule has 2 heterocycles. The van der Waals surface area contributed by atoms with E-state index in [4.69, 9.17) is 0 Å². The molecule has 3 amide bonds. The number of amides is 3. The third-order valence-corrected chi connectivity index (χ3v) is 6.90. The second-order valence-corrected chi connectivity index (χ2v) is 10.00. The van der Waals surface area contributed by atoms with Gasteiger partial charge in [-0.25, -0.2) is 18.3 Å². The molecule has 2 aromatic heterocycles. The number of pyridine rings is 1. The predicted octanol–water partition coefficient (Wildman–Crippen LogP) is 6.29. The molecule has 3 aromatic carbocycles. The number of urea groups is 1. The largest absolute Gasteiger partial charge is 0.354 e. The average Bonchev–Trinajstić information content (AvgIpc) is 3.36. The Balaban J connectivity index is 1.31. The Hall–Kier alpha value is -5.03. The van der Waals surface area contributed by atoms with Crippen LogP contribution in [0.2, 0.25) is 0 Å². The lowest BCUT2D eigenvalue weighted by Gasteiger charge is -2.11. The average molecular weight is 571 g/mol. The summed E-state index contributed by atoms with van der Waals surface area (Å²) in [5.41, 5.74) is 2.24. The van der Waals surface area contributed by atoms with Gasteiger partial charge in [-0.05, 0) is 54.1 Å². The Kier molecular flexibility index (Phi) is 8.35. The minimum atomic E-state index is -0.686. The number of aromatic nitrogens is 3. The third kappa shape index (κ3) is 6.95. The maximum absolute atomic E-state index is 14.6. The summed E-state index contributed by atoms with van der Waals surface area (Å²) < 4.78 is 29.8. The highest BCUT2D eigenvalue weighted by molar-refractivity contribution is 7.99. The van der Waals surface area contributed by atoms with E-state index in [9.17, 15) is 18.4 Å². The highest BCUT2D eigenvalue weighted by atomic mass is 32.2. The van der Waals surface area contributed by atoms with Crippen molar-refractivity contribution in [3.8, 4) is 5.69 Å². The van der Waals surface area contributed by atoms with Crippen molar-refractivity contribution in [3.05, 3.63) is 126 Å². The smallest absolute Gasteiger partial charge is 0.324 e. The standard InChI is InChI=1S/C30H24F2N6O2S/c1-33-29(39)26-18-24(13-14-34-26)41-23-10-8-21(9-11-23)35-30(40)36-28-17-22(15-19-5-3-2-4-6-19)37-38(28)27-16-20(31)7-12-25(27)32/h2-14,16-18H,15H2,1H3,(H,33,39)(H2,35,36,40). The number of nitrogens with one attached hydrogen (secondary N) is 3. The van der Waals surface area contributed by atoms with Crippen molar-refractivity contribution in [1.82, 2.24) is 20.1 Å². The molecule has 5 rings (SSSR count). The quantitative estimate of drug-likeness (QED) is 0.204. The van der Waals surface area contributed by atoms with Gasteiger partial charge < -0.3 is 10.6 Å². The summed E-state index contributed by atoms with van der Waals surface area (Å²) in [6, 6.07) is 24.2. The summed E-state index contributed by atoms with van der Waals surface area (Å²) in [4.78, 5) is 30.5. The van der Waals surface area contributed by atoms with Crippen LogP contribution in [0.1, 0.15) is 21.7 Å². The molecule has 206 valence electrons. The first-order valence-electron chi connectivity index (χ1n) is 12.5. The molecule has 41 heavy (non-hydrogen) atoms. The van der Waals surface area contributed by atoms with Crippen LogP contribution in [0.25, 0.3) is 5.69 Å². The van der Waals surface area contributed by atoms with Gasteiger partial charge in [-0.2, -0.15) is 5.10 Å². The topological polar surface area (TPSA) is 101 Å². The highest BCUT2D eigenvalue weighted by Crippen LogP contribution is 2.29. The monoisotopic (exact) mass is 570 g/mol. The number of carbonyl (C=O) groups is 2. The SMILES string of the molecule is CNC(=O)c1cc(Sc2ccc(NC(=O)Nc3cc(Cc4ccccc4)nn3-c3cc(F)ccc3F)cc2)ccn1. The van der Waals surface area contributed by atoms with E-state index < -0.39 is 17.7 Å². The fourth-order valence-corrected chi connectivity index (χ4v) is 4.83. The molecule has 5 aromatic rings. The Bertz CT molecular complexity index is 1690. The van der Waals surface area contributed by atoms with Crippen LogP contribution in [0.15, 0.2) is 107 Å². The molecule has 0 aliphatic rings. The first kappa shape index (κ1) is 27.5. The summed E-state index contributed by atoms with van der Waals surface area (Å²) in [5, 5.41) is 12.4. The summed E-state index contributed by atoms with van der Waals surface area (Å²) in [7, 11) is 1.54. The van der Waals surface area contributed by atoms with Crippen molar-refractivity contribution < 1.29 is 18.4 Å². The van der Waals surface area contributed by atoms with Crippen LogP contribution >= 0.6 is 11.8 Å². The molecule has 8 nitrogen and oxygen atoms in total. The minimum absolute atomic E-state index is 0.128. The van der Waals surface area contributed by atoms with Crippen molar-refractivity contribution in [1.29, 1.82) is 0 Å². The number of nitrogens with zero attached hydrogens (tertiary/aromatic N) is 3. The third-order valence-electron chi connectivity index (χ3n) is 5.90. The Morgan fingerprint density at radius 3 is 2.41 bits per heavy atom. The van der Waals surface area contributed by atoms with Crippen LogP contribution < -0.4 is 16.0 Å². The zero-order valence-electron chi connectivity index (χ0n) is 21.8. The van der Waals surface area contributed by atoms with Crippen molar-refractivity contribution in [2.24, 2.45) is 0 Å². The van der Waals surface area contributed by atoms with Crippen LogP contribution in [0.5, 0.6) is 0 Å². The van der Waals surface area contributed by atoms with Gasteiger partial charge in [0.25, 0.3) is 5.91 Å². The van der Waals surface area contributed by atoms with E-state index in [2.05, 4.69) is 26.0 Å². The highest BCUT2D eigenvalue weighted by Gasteiger charge is 2.17. The molecule has 0 saturated carbocycles. The Morgan fingerprint density at radius 1 is 0.878 bits per heavy atom. The molecule has 0 saturated heterocycles. The zero-order chi connectivity index (χ0) is 28.8. The van der Waals surface area contributed by atoms with Gasteiger partial charge in [-0.1, -0.05) is 42.1 Å². The summed E-state index contributed by atoms with van der Waals surface area (Å²) >= 11 is 1.44. The van der Waals surface area contributed by atoms with Crippen LogP contribution in [0, 0.1) is 11.6 Å². The fraction of sp³-hybridized carbons (Fsp3) is 0.0667. The number of benzene rings is 3. The molecule has 0 aliphatic carbocycles. The van der Waals surface area contributed by atoms with Crippen LogP contribution in [0.3, 0.4) is 0 Å². The minimum Gasteiger partial charge on any atom is -0.354 e. The van der Waals surface area contributed by atoms with Gasteiger partial charge in [0.05, 0.1) is 5.69 Å². The van der Waals surface area contributed by atoms with Crippen molar-refractivity contribution in [2.45, 2.75) is 16.2 Å². The van der Waals surface area contributed by atoms with Crippen molar-refractivity contribution in [3.63, 3.8) is 0 Å². The van der Waals surface area contributed by atoms with Crippen molar-refractivity contribution >= 4 is 35.2 Å². The summed E-state index contributed by atoms with van der Waals surface area (Å²) in [6.45, 7) is 0. The van der Waals surface area contributed by atoms with Gasteiger partial charge >= 0.3 is 6.03 Å². The molecule has 3 N–H and O–H groups in total. The molecule has 0 unspecified atom stereocenters. The number of carbonyl (C=O) groups excluding carboxylic acids is 2. The Labute approximate surface area is 238 Å². The van der Waals surface area contributed by atoms with Gasteiger partial charge in [-0.3, -0.25) is 15.1 Å². The van der Waals surface area contributed by atoms with E-state index in [1.54, 1.807) is 43.6 Å². The van der Waals surface area contributed by atoms with E-state index >= 15 is 0 Å². The van der Waals surface area contributed by atoms with Crippen LogP contribution in [0.4, 0.5) is 25.1 Å². The fourth-order valence-electron chi connectivity index (χ4n) is 3.99. The number of hydrogen-bond donors (Lipinski definition) is 3. The van der Waals surface area contributed by atoms with E-state index in [0.717, 1.165) is 33.6 Å². The number of anilines is 2. The lowest BCUT2D eigenvalue weighted by molar-refractivity contribution is 0.0958. The summed E-state index contributed by atoms with van der Waals surface area (Å²) in [6.07, 6.45) is 2.00. The first-order chi connectivity index (χ1) is 19.9. The summed E-state index contributed by atoms with van der Waals surface area (Å²) in [5.74, 6) is -1.41. The molecule has 0 fully saturated rings. The molecular weight excluding hydrogens is 546 g/mol. The van der Waals surface area contributed by atoms with E-state index in [1.165, 1.54) is 16.4 Å². The van der Waals surface area contributed by atoms with E-state index in [-0.39, 0.29) is 17.4 Å². The molecule has 11 heteroatoms. The van der Waals surface area contributed by atoms with Gasteiger partial charge in [0, 0.05) is 47.3 Å². The van der Waals surface area contributed by atoms with Gasteiger partial charge in [0.2, 0.25) is 0 Å². The molecule has 0 atom stereocenters. The maximum atomic E-state index is 14.6. The van der Waals surface area contributed by atoms with E-state index in [0.29, 0.717) is 23.5 Å². The van der Waals surface area contributed by atoms with Gasteiger partial charge in [-0.15, -0.1) is 0 Å². The van der Waals surface area contributed by atoms with Gasteiger partial charge in [0.15, 0.2) is 0 Å². The number of hydrogen-bond acceptors (Lipinski definition) is 5. The lowest BCUT2D eigenvalue weighted by Crippen LogP contribution is -2.21. The second-order valence-electron chi connectivity index (χ2n) is 8.85. The van der Waals surface area contributed by atoms with E-state index in [1.807, 2.05) is 42.5 Å². The number of halogens is 2. The molecular formula is C30H24F2N6O2S. The zero-order valence-corrected chi connectivity index (χ0v) is 22.6. The molecule has 0 aliphatic heterocycles. The molecule has 0 spiro atoms. The molecule has 0 bridgehead atoms. The van der Waals surface area contributed by atoms with Gasteiger partial charge in [0.1, 0.15) is 28.8 Å². The second kappa shape index (κ2) is 12.4. The van der Waals surface area contributed by atoms with Crippen LogP contribution in [-0.4, -0.2) is 33.8 Å². The number of rotatable bonds is 8. The first-order valence-corrected chi connectivity index (χ1v) is 13.3. The predicted molar refractivity (Wildman–Crippen MR) is 154 cm³/mol. The molecule has 0 radical (unpaired) electrons. The Morgan fingerprint density at radius 2 is 1.66 bits per heavy atom. The lowest BCUT2D eigenvalue weighted by atomic mass is 10.1.